The molecule has 4 atom stereocenters. The fourth-order valence-electron chi connectivity index (χ4n) is 9.70. The molecular weight excluding hydrogens is 667 g/mol. The van der Waals surface area contributed by atoms with E-state index in [-0.39, 0.29) is 23.9 Å². The van der Waals surface area contributed by atoms with Gasteiger partial charge in [-0.2, -0.15) is 0 Å². The molecule has 0 fully saturated rings. The van der Waals surface area contributed by atoms with Gasteiger partial charge in [0, 0.05) is 56.4 Å². The van der Waals surface area contributed by atoms with Crippen LogP contribution in [0.3, 0.4) is 0 Å². The second-order valence-corrected chi connectivity index (χ2v) is 16.2. The number of hydrogen-bond donors (Lipinski definition) is 1. The van der Waals surface area contributed by atoms with Crippen molar-refractivity contribution in [3.8, 4) is 0 Å². The number of rotatable bonds is 4. The molecule has 2 aliphatic carbocycles. The van der Waals surface area contributed by atoms with Crippen LogP contribution in [0, 0.1) is 27.7 Å². The lowest BCUT2D eigenvalue weighted by molar-refractivity contribution is 0.747. The van der Waals surface area contributed by atoms with Crippen LogP contribution in [0.1, 0.15) is 56.3 Å². The first kappa shape index (κ1) is 32.1. The second-order valence-electron chi connectivity index (χ2n) is 16.2. The van der Waals surface area contributed by atoms with Crippen LogP contribution in [0.15, 0.2) is 158 Å². The first-order chi connectivity index (χ1) is 26.9. The van der Waals surface area contributed by atoms with Crippen molar-refractivity contribution in [3.05, 3.63) is 202 Å². The Balaban J connectivity index is 0.953. The summed E-state index contributed by atoms with van der Waals surface area (Å²) < 4.78 is 0. The summed E-state index contributed by atoms with van der Waals surface area (Å²) in [6.45, 7) is 8.72. The van der Waals surface area contributed by atoms with Crippen molar-refractivity contribution in [1.29, 1.82) is 0 Å². The number of aromatic amines is 1. The number of allylic oxidation sites excluding steroid dienone is 4. The fourth-order valence-corrected chi connectivity index (χ4v) is 9.70. The summed E-state index contributed by atoms with van der Waals surface area (Å²) in [7, 11) is 0. The summed E-state index contributed by atoms with van der Waals surface area (Å²) in [4.78, 5) is 8.76. The van der Waals surface area contributed by atoms with Gasteiger partial charge in [0.1, 0.15) is 0 Å². The molecule has 2 aliphatic heterocycles. The average Bonchev–Trinajstić information content (AvgIpc) is 3.84. The van der Waals surface area contributed by atoms with E-state index in [4.69, 9.17) is 0 Å². The largest absolute Gasteiger partial charge is 0.355 e. The summed E-state index contributed by atoms with van der Waals surface area (Å²) in [6, 6.07) is 46.2. The van der Waals surface area contributed by atoms with Crippen molar-refractivity contribution in [1.82, 2.24) is 4.98 Å². The number of H-pyrrole nitrogens is 1. The Kier molecular flexibility index (Phi) is 7.07. The van der Waals surface area contributed by atoms with Crippen LogP contribution >= 0.6 is 0 Å². The zero-order valence-electron chi connectivity index (χ0n) is 31.7. The second kappa shape index (κ2) is 12.1. The van der Waals surface area contributed by atoms with E-state index in [0.29, 0.717) is 0 Å². The molecule has 0 saturated carbocycles. The van der Waals surface area contributed by atoms with Crippen LogP contribution in [0.4, 0.5) is 22.7 Å². The van der Waals surface area contributed by atoms with Gasteiger partial charge in [0.15, 0.2) is 0 Å². The van der Waals surface area contributed by atoms with Gasteiger partial charge in [-0.25, -0.2) is 0 Å². The number of nitrogens with one attached hydrogen (secondary N) is 1. The van der Waals surface area contributed by atoms with Crippen molar-refractivity contribution in [2.45, 2.75) is 51.6 Å². The quantitative estimate of drug-likeness (QED) is 0.197. The molecule has 0 spiro atoms. The Morgan fingerprint density at radius 2 is 0.855 bits per heavy atom. The highest BCUT2D eigenvalue weighted by Gasteiger charge is 2.40. The molecule has 4 aliphatic rings. The zero-order chi connectivity index (χ0) is 36.9. The van der Waals surface area contributed by atoms with Gasteiger partial charge in [0.2, 0.25) is 0 Å². The molecule has 266 valence electrons. The van der Waals surface area contributed by atoms with E-state index < -0.39 is 0 Å². The molecule has 3 nitrogen and oxygen atoms in total. The lowest BCUT2D eigenvalue weighted by Gasteiger charge is -2.30. The predicted molar refractivity (Wildman–Crippen MR) is 232 cm³/mol. The van der Waals surface area contributed by atoms with Crippen LogP contribution < -0.4 is 9.80 Å². The van der Waals surface area contributed by atoms with Gasteiger partial charge < -0.3 is 14.8 Å². The molecule has 3 heteroatoms. The van der Waals surface area contributed by atoms with Gasteiger partial charge in [-0.1, -0.05) is 119 Å². The number of aromatic nitrogens is 1. The molecule has 0 bridgehead atoms. The summed E-state index contributed by atoms with van der Waals surface area (Å²) >= 11 is 0. The molecule has 6 aromatic carbocycles. The Bertz CT molecular complexity index is 2630. The van der Waals surface area contributed by atoms with Crippen LogP contribution in [0.25, 0.3) is 33.0 Å². The molecular formula is C52H43N3. The lowest BCUT2D eigenvalue weighted by atomic mass is 9.85. The molecule has 3 heterocycles. The molecule has 7 aromatic rings. The average molecular weight is 710 g/mol. The van der Waals surface area contributed by atoms with Gasteiger partial charge in [-0.05, 0) is 122 Å². The third kappa shape index (κ3) is 5.10. The third-order valence-electron chi connectivity index (χ3n) is 12.5. The van der Waals surface area contributed by atoms with Gasteiger partial charge in [0.25, 0.3) is 0 Å². The maximum absolute atomic E-state index is 3.72. The maximum atomic E-state index is 3.72. The van der Waals surface area contributed by atoms with E-state index in [1.807, 2.05) is 0 Å². The number of benzene rings is 6. The van der Waals surface area contributed by atoms with Crippen LogP contribution in [0.5, 0.6) is 0 Å². The van der Waals surface area contributed by atoms with E-state index in [1.165, 1.54) is 100 Å². The molecule has 1 N–H and O–H groups in total. The first-order valence-electron chi connectivity index (χ1n) is 19.7. The highest BCUT2D eigenvalue weighted by atomic mass is 15.2. The van der Waals surface area contributed by atoms with Gasteiger partial charge in [-0.3, -0.25) is 0 Å². The molecule has 1 aromatic heterocycles. The summed E-state index contributed by atoms with van der Waals surface area (Å²) in [5.41, 5.74) is 20.5. The maximum Gasteiger partial charge on any atom is 0.0630 e. The van der Waals surface area contributed by atoms with Crippen LogP contribution in [-0.4, -0.2) is 17.1 Å². The molecule has 4 unspecified atom stereocenters. The summed E-state index contributed by atoms with van der Waals surface area (Å²) in [5, 5.41) is 2.53. The Morgan fingerprint density at radius 3 is 1.29 bits per heavy atom. The zero-order valence-corrected chi connectivity index (χ0v) is 31.7. The molecule has 55 heavy (non-hydrogen) atoms. The van der Waals surface area contributed by atoms with E-state index >= 15 is 0 Å². The smallest absolute Gasteiger partial charge is 0.0630 e. The lowest BCUT2D eigenvalue weighted by Crippen LogP contribution is -2.28. The molecule has 0 saturated heterocycles. The van der Waals surface area contributed by atoms with Crippen molar-refractivity contribution in [2.75, 3.05) is 9.80 Å². The topological polar surface area (TPSA) is 22.3 Å². The van der Waals surface area contributed by atoms with E-state index in [1.54, 1.807) is 0 Å². The Hall–Kier alpha value is -6.32. The molecule has 11 rings (SSSR count). The monoisotopic (exact) mass is 709 g/mol. The Morgan fingerprint density at radius 1 is 0.436 bits per heavy atom. The minimum Gasteiger partial charge on any atom is -0.355 e. The predicted octanol–water partition coefficient (Wildman–Crippen LogP) is 13.1. The minimum atomic E-state index is 0.249. The van der Waals surface area contributed by atoms with E-state index in [9.17, 15) is 0 Å². The fraction of sp³-hybridized carbons (Fsp3) is 0.154. The number of fused-ring (bicyclic) bond motifs is 9. The van der Waals surface area contributed by atoms with Gasteiger partial charge >= 0.3 is 0 Å². The van der Waals surface area contributed by atoms with Gasteiger partial charge in [0.05, 0.1) is 12.1 Å². The molecule has 0 radical (unpaired) electrons. The number of hydrogen-bond acceptors (Lipinski definition) is 2. The van der Waals surface area contributed by atoms with E-state index in [2.05, 4.69) is 200 Å². The van der Waals surface area contributed by atoms with Crippen molar-refractivity contribution in [2.24, 2.45) is 0 Å². The van der Waals surface area contributed by atoms with Gasteiger partial charge in [-0.15, -0.1) is 0 Å². The third-order valence-corrected chi connectivity index (χ3v) is 12.5. The highest BCUT2D eigenvalue weighted by Crippen LogP contribution is 2.51. The van der Waals surface area contributed by atoms with Crippen LogP contribution in [-0.2, 0) is 0 Å². The normalized spacial score (nSPS) is 20.7. The van der Waals surface area contributed by atoms with Crippen molar-refractivity contribution in [3.63, 3.8) is 0 Å². The highest BCUT2D eigenvalue weighted by molar-refractivity contribution is 6.09. The summed E-state index contributed by atoms with van der Waals surface area (Å²) in [5.74, 6) is 0.559. The Labute approximate surface area is 323 Å². The first-order valence-corrected chi connectivity index (χ1v) is 19.7. The number of nitrogens with zero attached hydrogens (tertiary/aromatic N) is 2. The SMILES string of the molecule is Cc1ccc(N2c3ccc(C)cc3C3C=C(c4ccc5[nH]c6ccc(C7=CC8c9cc(C)ccc9N(c9ccc(C)cc9)C8C=C7)cc6c5c4)C=CC32)cc1. The minimum absolute atomic E-state index is 0.249. The van der Waals surface area contributed by atoms with Crippen molar-refractivity contribution >= 4 is 55.7 Å². The summed E-state index contributed by atoms with van der Waals surface area (Å²) in [6.07, 6.45) is 14.5. The van der Waals surface area contributed by atoms with Crippen molar-refractivity contribution < 1.29 is 0 Å². The number of aryl methyl sites for hydroxylation is 4. The standard InChI is InChI=1S/C52H43N3/c1-31-5-15-39(16-6-31)54-49-21-9-33(3)25-43(49)45-29-37(13-23-51(45)54)35-11-19-47-41(27-35)42-28-36(12-20-48(42)53-47)38-14-24-52-46(30-38)44-26-34(4)10-22-50(44)55(52)40-17-7-32(2)8-18-40/h5-30,45-46,51-53H,1-4H3. The molecule has 0 amide bonds. The van der Waals surface area contributed by atoms with E-state index in [0.717, 1.165) is 0 Å². The van der Waals surface area contributed by atoms with Crippen LogP contribution in [0.2, 0.25) is 0 Å². The number of anilines is 4.